The first-order chi connectivity index (χ1) is 11.0. The van der Waals surface area contributed by atoms with Crippen LogP contribution in [0.25, 0.3) is 0 Å². The van der Waals surface area contributed by atoms with Crippen LogP contribution in [0.5, 0.6) is 0 Å². The fourth-order valence-corrected chi connectivity index (χ4v) is 2.98. The van der Waals surface area contributed by atoms with Crippen molar-refractivity contribution in [3.05, 3.63) is 12.2 Å². The number of allylic oxidation sites excluding steroid dienone is 1. The van der Waals surface area contributed by atoms with E-state index in [9.17, 15) is 15.0 Å². The van der Waals surface area contributed by atoms with Crippen molar-refractivity contribution in [2.75, 3.05) is 26.2 Å². The number of aliphatic carboxylic acids is 1. The molecule has 1 atom stereocenters. The lowest BCUT2D eigenvalue weighted by molar-refractivity contribution is -0.931. The topological polar surface area (TPSA) is 60.4 Å². The number of hydrogen-bond acceptors (Lipinski definition) is 3. The molecule has 1 N–H and O–H groups in total. The van der Waals surface area contributed by atoms with Gasteiger partial charge in [-0.15, -0.1) is 0 Å². The Kier molecular flexibility index (Phi) is 13.0. The minimum atomic E-state index is -0.988. The molecule has 0 bridgehead atoms. The van der Waals surface area contributed by atoms with Gasteiger partial charge in [0.05, 0.1) is 19.6 Å². The van der Waals surface area contributed by atoms with Crippen LogP contribution in [0, 0.1) is 0 Å². The minimum Gasteiger partial charge on any atom is -0.550 e. The number of rotatable bonds is 15. The lowest BCUT2D eigenvalue weighted by Crippen LogP contribution is -2.55. The van der Waals surface area contributed by atoms with Gasteiger partial charge in [0.1, 0.15) is 12.6 Å². The van der Waals surface area contributed by atoms with Crippen LogP contribution in [-0.4, -0.2) is 47.8 Å². The Morgan fingerprint density at radius 3 is 2.13 bits per heavy atom. The highest BCUT2D eigenvalue weighted by Gasteiger charge is 2.28. The van der Waals surface area contributed by atoms with E-state index in [1.165, 1.54) is 0 Å². The number of carboxylic acid groups (broad SMARTS) is 1. The predicted octanol–water partition coefficient (Wildman–Crippen LogP) is 2.65. The maximum atomic E-state index is 10.9. The van der Waals surface area contributed by atoms with Crippen LogP contribution in [0.4, 0.5) is 0 Å². The summed E-state index contributed by atoms with van der Waals surface area (Å²) in [4.78, 5) is 10.9. The molecule has 0 amide bonds. The van der Waals surface area contributed by atoms with Gasteiger partial charge in [0, 0.05) is 12.4 Å². The van der Waals surface area contributed by atoms with Gasteiger partial charge in [-0.05, 0) is 25.7 Å². The third kappa shape index (κ3) is 11.3. The van der Waals surface area contributed by atoms with E-state index in [-0.39, 0.29) is 6.42 Å². The molecule has 0 saturated heterocycles. The second-order valence-corrected chi connectivity index (χ2v) is 6.67. The van der Waals surface area contributed by atoms with Crippen molar-refractivity contribution < 1.29 is 19.5 Å². The molecule has 0 heterocycles. The van der Waals surface area contributed by atoms with E-state index < -0.39 is 12.1 Å². The average molecular weight is 328 g/mol. The fraction of sp³-hybridized carbons (Fsp3) is 0.842. The first-order valence-corrected chi connectivity index (χ1v) is 9.37. The maximum Gasteiger partial charge on any atom is 0.106 e. The highest BCUT2D eigenvalue weighted by atomic mass is 16.4. The Morgan fingerprint density at radius 1 is 1.04 bits per heavy atom. The van der Waals surface area contributed by atoms with Crippen LogP contribution < -0.4 is 5.11 Å². The van der Waals surface area contributed by atoms with E-state index in [2.05, 4.69) is 32.9 Å². The monoisotopic (exact) mass is 327 g/mol. The highest BCUT2D eigenvalue weighted by Crippen LogP contribution is 2.16. The van der Waals surface area contributed by atoms with Gasteiger partial charge >= 0.3 is 0 Å². The van der Waals surface area contributed by atoms with Crippen molar-refractivity contribution in [3.8, 4) is 0 Å². The summed E-state index contributed by atoms with van der Waals surface area (Å²) in [5, 5.41) is 21.3. The summed E-state index contributed by atoms with van der Waals surface area (Å²) in [5.41, 5.74) is 0. The summed E-state index contributed by atoms with van der Waals surface area (Å²) >= 11 is 0. The zero-order valence-corrected chi connectivity index (χ0v) is 15.4. The zero-order valence-electron chi connectivity index (χ0n) is 15.4. The molecule has 0 aliphatic carbocycles. The number of unbranched alkanes of at least 4 members (excludes halogenated alkanes) is 3. The summed E-state index contributed by atoms with van der Waals surface area (Å²) in [5.74, 6) is -0.988. The first-order valence-electron chi connectivity index (χ1n) is 9.37. The van der Waals surface area contributed by atoms with E-state index in [1.807, 2.05) is 0 Å². The average Bonchev–Trinajstić information content (AvgIpc) is 2.53. The molecule has 1 unspecified atom stereocenters. The number of nitrogens with zero attached hydrogens (tertiary/aromatic N) is 1. The Morgan fingerprint density at radius 2 is 1.65 bits per heavy atom. The van der Waals surface area contributed by atoms with Crippen LogP contribution in [0.1, 0.15) is 72.1 Å². The molecule has 0 aliphatic heterocycles. The molecule has 0 aromatic heterocycles. The molecular weight excluding hydrogens is 290 g/mol. The van der Waals surface area contributed by atoms with Crippen molar-refractivity contribution in [3.63, 3.8) is 0 Å². The number of carbonyl (C=O) groups excluding carboxylic acids is 1. The molecule has 0 radical (unpaired) electrons. The largest absolute Gasteiger partial charge is 0.550 e. The van der Waals surface area contributed by atoms with E-state index in [0.717, 1.165) is 51.6 Å². The SMILES string of the molecule is CCC/C=C/CC(O)C[N+](CCCC)(CCCC)CCC(=O)[O-]. The van der Waals surface area contributed by atoms with Crippen molar-refractivity contribution >= 4 is 5.97 Å². The van der Waals surface area contributed by atoms with Crippen molar-refractivity contribution in [2.24, 2.45) is 0 Å². The van der Waals surface area contributed by atoms with Gasteiger partial charge in [0.2, 0.25) is 0 Å². The van der Waals surface area contributed by atoms with E-state index in [0.29, 0.717) is 24.0 Å². The zero-order chi connectivity index (χ0) is 17.6. The smallest absolute Gasteiger partial charge is 0.106 e. The Hall–Kier alpha value is -0.870. The molecule has 0 aromatic rings. The number of carbonyl (C=O) groups is 1. The third-order valence-electron chi connectivity index (χ3n) is 4.39. The lowest BCUT2D eigenvalue weighted by atomic mass is 10.1. The van der Waals surface area contributed by atoms with Crippen LogP contribution in [0.15, 0.2) is 12.2 Å². The number of aliphatic hydroxyl groups excluding tert-OH is 1. The summed E-state index contributed by atoms with van der Waals surface area (Å²) in [6, 6.07) is 0. The number of aliphatic hydroxyl groups is 1. The van der Waals surface area contributed by atoms with Gasteiger partial charge < -0.3 is 19.5 Å². The van der Waals surface area contributed by atoms with Crippen LogP contribution in [-0.2, 0) is 4.79 Å². The van der Waals surface area contributed by atoms with Gasteiger partial charge in [-0.2, -0.15) is 0 Å². The summed E-state index contributed by atoms with van der Waals surface area (Å²) < 4.78 is 0.707. The molecule has 0 fully saturated rings. The Balaban J connectivity index is 4.82. The molecule has 4 nitrogen and oxygen atoms in total. The third-order valence-corrected chi connectivity index (χ3v) is 4.39. The molecular formula is C19H37NO3. The van der Waals surface area contributed by atoms with Crippen LogP contribution in [0.3, 0.4) is 0 Å². The Bertz CT molecular complexity index is 321. The van der Waals surface area contributed by atoms with E-state index >= 15 is 0 Å². The summed E-state index contributed by atoms with van der Waals surface area (Å²) in [7, 11) is 0. The normalized spacial score (nSPS) is 13.6. The van der Waals surface area contributed by atoms with Crippen LogP contribution in [0.2, 0.25) is 0 Å². The van der Waals surface area contributed by atoms with Gasteiger partial charge in [-0.1, -0.05) is 52.2 Å². The summed E-state index contributed by atoms with van der Waals surface area (Å²) in [6.07, 6.45) is 11.0. The van der Waals surface area contributed by atoms with Crippen molar-refractivity contribution in [1.29, 1.82) is 0 Å². The van der Waals surface area contributed by atoms with E-state index in [4.69, 9.17) is 0 Å². The molecule has 0 aliphatic rings. The van der Waals surface area contributed by atoms with Crippen molar-refractivity contribution in [1.82, 2.24) is 0 Å². The maximum absolute atomic E-state index is 10.9. The quantitative estimate of drug-likeness (QED) is 0.371. The predicted molar refractivity (Wildman–Crippen MR) is 93.8 cm³/mol. The molecule has 23 heavy (non-hydrogen) atoms. The first kappa shape index (κ1) is 22.1. The molecule has 0 rings (SSSR count). The van der Waals surface area contributed by atoms with Gasteiger partial charge in [-0.25, -0.2) is 0 Å². The molecule has 0 saturated carbocycles. The molecule has 0 spiro atoms. The Labute approximate surface area is 142 Å². The standard InChI is InChI=1S/C19H37NO3/c1-4-7-10-11-12-18(21)17-20(14-8-5-2,15-9-6-3)16-13-19(22)23/h10-11,18,21H,4-9,12-17H2,1-3H3/b11-10+. The lowest BCUT2D eigenvalue weighted by Gasteiger charge is -2.40. The summed E-state index contributed by atoms with van der Waals surface area (Å²) in [6.45, 7) is 9.54. The molecule has 0 aromatic carbocycles. The number of quaternary nitrogens is 1. The van der Waals surface area contributed by atoms with E-state index in [1.54, 1.807) is 0 Å². The molecule has 4 heteroatoms. The van der Waals surface area contributed by atoms with Crippen molar-refractivity contribution in [2.45, 2.75) is 78.2 Å². The number of carboxylic acids is 1. The second-order valence-electron chi connectivity index (χ2n) is 6.67. The van der Waals surface area contributed by atoms with Gasteiger partial charge in [-0.3, -0.25) is 0 Å². The molecule has 136 valence electrons. The van der Waals surface area contributed by atoms with Crippen LogP contribution >= 0.6 is 0 Å². The second kappa shape index (κ2) is 13.6. The minimum absolute atomic E-state index is 0.0752. The highest BCUT2D eigenvalue weighted by molar-refractivity contribution is 5.64. The van der Waals surface area contributed by atoms with Gasteiger partial charge in [0.25, 0.3) is 0 Å². The van der Waals surface area contributed by atoms with Gasteiger partial charge in [0.15, 0.2) is 0 Å². The number of hydrogen-bond donors (Lipinski definition) is 1. The fourth-order valence-electron chi connectivity index (χ4n) is 2.98.